The summed E-state index contributed by atoms with van der Waals surface area (Å²) in [7, 11) is 1.98. The second kappa shape index (κ2) is 6.71. The minimum Gasteiger partial charge on any atom is -0.351 e. The van der Waals surface area contributed by atoms with Crippen LogP contribution in [0.5, 0.6) is 0 Å². The van der Waals surface area contributed by atoms with Gasteiger partial charge in [0.2, 0.25) is 0 Å². The second-order valence-corrected chi connectivity index (χ2v) is 4.55. The Bertz CT molecular complexity index is 398. The summed E-state index contributed by atoms with van der Waals surface area (Å²) in [6, 6.07) is 4.42. The molecule has 5 heteroatoms. The summed E-state index contributed by atoms with van der Waals surface area (Å²) < 4.78 is 13.4. The van der Waals surface area contributed by atoms with Crippen LogP contribution in [0, 0.1) is 5.82 Å². The predicted octanol–water partition coefficient (Wildman–Crippen LogP) is 2.27. The predicted molar refractivity (Wildman–Crippen MR) is 69.6 cm³/mol. The summed E-state index contributed by atoms with van der Waals surface area (Å²) in [5, 5.41) is 2.75. The lowest BCUT2D eigenvalue weighted by molar-refractivity contribution is 0.0949. The zero-order valence-electron chi connectivity index (χ0n) is 9.96. The average molecular weight is 303 g/mol. The molecule has 0 aromatic heterocycles. The fraction of sp³-hybridized carbons (Fsp3) is 0.417. The zero-order valence-corrected chi connectivity index (χ0v) is 11.6. The van der Waals surface area contributed by atoms with E-state index >= 15 is 0 Å². The second-order valence-electron chi connectivity index (χ2n) is 3.75. The van der Waals surface area contributed by atoms with Gasteiger partial charge in [-0.2, -0.15) is 0 Å². The number of carbonyl (C=O) groups excluding carboxylic acids is 1. The molecule has 0 bridgehead atoms. The van der Waals surface area contributed by atoms with Gasteiger partial charge >= 0.3 is 0 Å². The number of rotatable bonds is 5. The fourth-order valence-electron chi connectivity index (χ4n) is 1.29. The van der Waals surface area contributed by atoms with Crippen LogP contribution in [0.2, 0.25) is 0 Å². The van der Waals surface area contributed by atoms with Crippen molar-refractivity contribution < 1.29 is 9.18 Å². The van der Waals surface area contributed by atoms with E-state index in [2.05, 4.69) is 26.1 Å². The van der Waals surface area contributed by atoms with E-state index in [0.29, 0.717) is 12.1 Å². The molecule has 0 radical (unpaired) electrons. The van der Waals surface area contributed by atoms with Gasteiger partial charge in [0.15, 0.2) is 0 Å². The molecule has 1 aromatic rings. The van der Waals surface area contributed by atoms with Crippen LogP contribution >= 0.6 is 15.9 Å². The number of nitrogens with one attached hydrogen (secondary N) is 1. The van der Waals surface area contributed by atoms with Crippen LogP contribution in [0.4, 0.5) is 4.39 Å². The van der Waals surface area contributed by atoms with E-state index in [0.717, 1.165) is 13.1 Å². The van der Waals surface area contributed by atoms with Crippen LogP contribution in [-0.2, 0) is 0 Å². The van der Waals surface area contributed by atoms with Crippen molar-refractivity contribution in [2.45, 2.75) is 6.92 Å². The van der Waals surface area contributed by atoms with Crippen LogP contribution in [0.25, 0.3) is 0 Å². The lowest BCUT2D eigenvalue weighted by Gasteiger charge is -2.14. The topological polar surface area (TPSA) is 32.3 Å². The average Bonchev–Trinajstić information content (AvgIpc) is 2.32. The summed E-state index contributed by atoms with van der Waals surface area (Å²) in [5.41, 5.74) is 0.323. The molecule has 3 nitrogen and oxygen atoms in total. The molecule has 1 amide bonds. The molecule has 0 aliphatic carbocycles. The highest BCUT2D eigenvalue weighted by Gasteiger charge is 2.12. The van der Waals surface area contributed by atoms with Crippen molar-refractivity contribution in [3.8, 4) is 0 Å². The van der Waals surface area contributed by atoms with Gasteiger partial charge < -0.3 is 10.2 Å². The maximum Gasteiger partial charge on any atom is 0.252 e. The van der Waals surface area contributed by atoms with E-state index in [4.69, 9.17) is 0 Å². The van der Waals surface area contributed by atoms with Gasteiger partial charge in [0.25, 0.3) is 5.91 Å². The normalized spacial score (nSPS) is 10.6. The monoisotopic (exact) mass is 302 g/mol. The van der Waals surface area contributed by atoms with Gasteiger partial charge in [0.1, 0.15) is 5.82 Å². The Balaban J connectivity index is 2.56. The summed E-state index contributed by atoms with van der Waals surface area (Å²) in [4.78, 5) is 13.8. The number of halogens is 2. The molecule has 1 rings (SSSR count). The Hall–Kier alpha value is -0.940. The molecule has 0 atom stereocenters. The molecule has 1 N–H and O–H groups in total. The SMILES string of the molecule is CCN(C)CCNC(=O)c1cccc(F)c1Br. The first-order chi connectivity index (χ1) is 8.06. The van der Waals surface area contributed by atoms with Gasteiger partial charge in [-0.05, 0) is 41.7 Å². The molecule has 0 unspecified atom stereocenters. The Labute approximate surface area is 109 Å². The Morgan fingerprint density at radius 1 is 1.53 bits per heavy atom. The minimum atomic E-state index is -0.427. The highest BCUT2D eigenvalue weighted by molar-refractivity contribution is 9.10. The molecule has 0 spiro atoms. The molecule has 0 aliphatic heterocycles. The smallest absolute Gasteiger partial charge is 0.252 e. The Morgan fingerprint density at radius 3 is 2.88 bits per heavy atom. The lowest BCUT2D eigenvalue weighted by Crippen LogP contribution is -2.33. The number of carbonyl (C=O) groups is 1. The molecule has 0 heterocycles. The van der Waals surface area contributed by atoms with Crippen LogP contribution in [0.1, 0.15) is 17.3 Å². The molecule has 0 fully saturated rings. The van der Waals surface area contributed by atoms with Crippen molar-refractivity contribution in [2.24, 2.45) is 0 Å². The molecular formula is C12H16BrFN2O. The van der Waals surface area contributed by atoms with Gasteiger partial charge in [-0.1, -0.05) is 13.0 Å². The fourth-order valence-corrected chi connectivity index (χ4v) is 1.74. The van der Waals surface area contributed by atoms with Crippen molar-refractivity contribution >= 4 is 21.8 Å². The summed E-state index contributed by atoms with van der Waals surface area (Å²) in [6.45, 7) is 4.30. The van der Waals surface area contributed by atoms with Crippen LogP contribution < -0.4 is 5.32 Å². The molecule has 1 aromatic carbocycles. The van der Waals surface area contributed by atoms with Crippen LogP contribution in [-0.4, -0.2) is 37.5 Å². The third kappa shape index (κ3) is 4.09. The van der Waals surface area contributed by atoms with Crippen molar-refractivity contribution in [3.63, 3.8) is 0 Å². The van der Waals surface area contributed by atoms with E-state index in [-0.39, 0.29) is 10.4 Å². The number of likely N-dealkylation sites (N-methyl/N-ethyl adjacent to an activating group) is 1. The van der Waals surface area contributed by atoms with Gasteiger partial charge in [0.05, 0.1) is 10.0 Å². The standard InChI is InChI=1S/C12H16BrFN2O/c1-3-16(2)8-7-15-12(17)9-5-4-6-10(14)11(9)13/h4-6H,3,7-8H2,1-2H3,(H,15,17). The van der Waals surface area contributed by atoms with E-state index in [9.17, 15) is 9.18 Å². The van der Waals surface area contributed by atoms with Crippen molar-refractivity contribution in [1.82, 2.24) is 10.2 Å². The highest BCUT2D eigenvalue weighted by atomic mass is 79.9. The summed E-state index contributed by atoms with van der Waals surface area (Å²) >= 11 is 3.07. The van der Waals surface area contributed by atoms with E-state index in [1.807, 2.05) is 14.0 Å². The van der Waals surface area contributed by atoms with Gasteiger partial charge in [-0.15, -0.1) is 0 Å². The highest BCUT2D eigenvalue weighted by Crippen LogP contribution is 2.19. The lowest BCUT2D eigenvalue weighted by atomic mass is 10.2. The Morgan fingerprint density at radius 2 is 2.24 bits per heavy atom. The number of benzene rings is 1. The maximum atomic E-state index is 13.2. The molecule has 0 saturated carbocycles. The first kappa shape index (κ1) is 14.1. The molecular weight excluding hydrogens is 287 g/mol. The maximum absolute atomic E-state index is 13.2. The van der Waals surface area contributed by atoms with Crippen molar-refractivity contribution in [2.75, 3.05) is 26.7 Å². The molecule has 94 valence electrons. The zero-order chi connectivity index (χ0) is 12.8. The first-order valence-electron chi connectivity index (χ1n) is 5.47. The van der Waals surface area contributed by atoms with Crippen molar-refractivity contribution in [1.29, 1.82) is 0 Å². The van der Waals surface area contributed by atoms with E-state index in [1.165, 1.54) is 12.1 Å². The third-order valence-corrected chi connectivity index (χ3v) is 3.32. The molecule has 0 aliphatic rings. The summed E-state index contributed by atoms with van der Waals surface area (Å²) in [6.07, 6.45) is 0. The van der Waals surface area contributed by atoms with Crippen LogP contribution in [0.15, 0.2) is 22.7 Å². The van der Waals surface area contributed by atoms with Crippen molar-refractivity contribution in [3.05, 3.63) is 34.1 Å². The van der Waals surface area contributed by atoms with Gasteiger partial charge in [0, 0.05) is 13.1 Å². The first-order valence-corrected chi connectivity index (χ1v) is 6.26. The molecule has 17 heavy (non-hydrogen) atoms. The number of nitrogens with zero attached hydrogens (tertiary/aromatic N) is 1. The quantitative estimate of drug-likeness (QED) is 0.905. The van der Waals surface area contributed by atoms with E-state index < -0.39 is 5.82 Å². The number of amides is 1. The Kier molecular flexibility index (Phi) is 5.58. The summed E-state index contributed by atoms with van der Waals surface area (Å²) in [5.74, 6) is -0.691. The van der Waals surface area contributed by atoms with Crippen LogP contribution in [0.3, 0.4) is 0 Å². The van der Waals surface area contributed by atoms with Gasteiger partial charge in [-0.3, -0.25) is 4.79 Å². The minimum absolute atomic E-state index is 0.210. The third-order valence-electron chi connectivity index (χ3n) is 2.52. The number of hydrogen-bond donors (Lipinski definition) is 1. The molecule has 0 saturated heterocycles. The van der Waals surface area contributed by atoms with E-state index in [1.54, 1.807) is 6.07 Å². The largest absolute Gasteiger partial charge is 0.351 e. The van der Waals surface area contributed by atoms with Gasteiger partial charge in [-0.25, -0.2) is 4.39 Å². The number of hydrogen-bond acceptors (Lipinski definition) is 2.